The largest absolute Gasteiger partial charge is 0.505 e. The maximum absolute atomic E-state index is 12.2. The quantitative estimate of drug-likeness (QED) is 0.0690. The van der Waals surface area contributed by atoms with Gasteiger partial charge in [0.25, 0.3) is 5.56 Å². The number of pyridine rings is 1. The van der Waals surface area contributed by atoms with E-state index in [4.69, 9.17) is 30.6 Å². The van der Waals surface area contributed by atoms with Crippen molar-refractivity contribution in [3.8, 4) is 11.5 Å². The minimum Gasteiger partial charge on any atom is -0.505 e. The number of fused-ring (bicyclic) bond motifs is 2. The Kier molecular flexibility index (Phi) is 12.4. The second-order valence-electron chi connectivity index (χ2n) is 10.4. The lowest BCUT2D eigenvalue weighted by Crippen LogP contribution is -2.42. The van der Waals surface area contributed by atoms with Gasteiger partial charge in [-0.3, -0.25) is 14.8 Å². The molecule has 4 heterocycles. The van der Waals surface area contributed by atoms with Crippen molar-refractivity contribution in [1.29, 1.82) is 0 Å². The van der Waals surface area contributed by atoms with Crippen LogP contribution in [0.1, 0.15) is 21.5 Å². The van der Waals surface area contributed by atoms with E-state index in [1.807, 2.05) is 13.8 Å². The molecule has 19 heteroatoms. The summed E-state index contributed by atoms with van der Waals surface area (Å²) in [5.41, 5.74) is 1.33. The Balaban J connectivity index is 0.000000243. The Morgan fingerprint density at radius 1 is 1.00 bits per heavy atom. The smallest absolute Gasteiger partial charge is 0.377 e. The van der Waals surface area contributed by atoms with Gasteiger partial charge in [-0.25, -0.2) is 19.4 Å². The van der Waals surface area contributed by atoms with E-state index in [0.717, 1.165) is 11.1 Å². The summed E-state index contributed by atoms with van der Waals surface area (Å²) in [6, 6.07) is 6.61. The number of carboxylic acid groups (broad SMARTS) is 1. The molecule has 3 aliphatic heterocycles. The molecule has 2 aromatic rings. The lowest BCUT2D eigenvalue weighted by atomic mass is 10.1. The van der Waals surface area contributed by atoms with Crippen LogP contribution < -0.4 is 11.2 Å². The summed E-state index contributed by atoms with van der Waals surface area (Å²) in [5.74, 6) is -3.77. The highest BCUT2D eigenvalue weighted by atomic mass is 16.6. The minimum atomic E-state index is -1.64. The molecule has 48 heavy (non-hydrogen) atoms. The first-order valence-electron chi connectivity index (χ1n) is 13.9. The van der Waals surface area contributed by atoms with Crippen LogP contribution in [0.5, 0.6) is 0 Å². The minimum absolute atomic E-state index is 0.0516. The number of benzene rings is 1. The molecule has 258 valence electrons. The van der Waals surface area contributed by atoms with Gasteiger partial charge in [-0.2, -0.15) is 4.98 Å². The van der Waals surface area contributed by atoms with Gasteiger partial charge in [-0.15, -0.1) is 0 Å². The number of ether oxygens (including phenoxy) is 1. The number of nitrogens with zero attached hydrogens (tertiary/aromatic N) is 4. The van der Waals surface area contributed by atoms with E-state index in [9.17, 15) is 34.5 Å². The van der Waals surface area contributed by atoms with Crippen LogP contribution in [-0.4, -0.2) is 126 Å². The monoisotopic (exact) mass is 675 g/mol. The molecule has 1 aromatic heterocycles. The number of aromatic carboxylic acids is 1. The molecule has 5 atom stereocenters. The van der Waals surface area contributed by atoms with Crippen molar-refractivity contribution in [2.75, 3.05) is 13.2 Å². The van der Waals surface area contributed by atoms with Crippen molar-refractivity contribution in [2.24, 2.45) is 0 Å². The molecule has 0 saturated carbocycles. The van der Waals surface area contributed by atoms with E-state index in [-0.39, 0.29) is 23.6 Å². The molecule has 0 saturated heterocycles. The van der Waals surface area contributed by atoms with Crippen LogP contribution in [0, 0.1) is 13.8 Å². The van der Waals surface area contributed by atoms with E-state index in [1.54, 1.807) is 18.2 Å². The summed E-state index contributed by atoms with van der Waals surface area (Å²) in [6.07, 6.45) is -4.62. The number of carbonyl (C=O) groups is 2. The summed E-state index contributed by atoms with van der Waals surface area (Å²) < 4.78 is 5.72. The molecule has 5 rings (SSSR count). The Morgan fingerprint density at radius 3 is 2.19 bits per heavy atom. The summed E-state index contributed by atoms with van der Waals surface area (Å²) in [4.78, 5) is 58.3. The van der Waals surface area contributed by atoms with E-state index >= 15 is 0 Å². The fraction of sp³-hybridized carbons (Fsp3) is 0.345. The number of hydrogen-bond acceptors (Lipinski definition) is 16. The molecule has 0 radical (unpaired) electrons. The second kappa shape index (κ2) is 16.0. The van der Waals surface area contributed by atoms with Crippen LogP contribution >= 0.6 is 0 Å². The Morgan fingerprint density at radius 2 is 1.67 bits per heavy atom. The number of cyclic esters (lactones) is 1. The lowest BCUT2D eigenvalue weighted by molar-refractivity contribution is -0.147. The number of aromatic nitrogens is 5. The van der Waals surface area contributed by atoms with Gasteiger partial charge in [0.1, 0.15) is 24.4 Å². The molecule has 0 unspecified atom stereocenters. The average Bonchev–Trinajstić information content (AvgIpc) is 3.32. The number of nitrogens with one attached hydrogen (secondary N) is 1. The Bertz CT molecular complexity index is 1880. The Labute approximate surface area is 269 Å². The fourth-order valence-corrected chi connectivity index (χ4v) is 4.21. The molecule has 0 fully saturated rings. The number of aliphatic hydroxyl groups excluding tert-OH is 8. The zero-order valence-corrected chi connectivity index (χ0v) is 25.3. The maximum Gasteiger partial charge on any atom is 0.377 e. The lowest BCUT2D eigenvalue weighted by Gasteiger charge is -2.25. The number of aromatic amines is 1. The average molecular weight is 676 g/mol. The van der Waals surface area contributed by atoms with Crippen LogP contribution in [-0.2, 0) is 16.1 Å². The maximum atomic E-state index is 12.2. The van der Waals surface area contributed by atoms with Crippen molar-refractivity contribution in [3.63, 3.8) is 0 Å². The van der Waals surface area contributed by atoms with E-state index in [1.165, 1.54) is 23.0 Å². The molecular formula is C29H33N5O14. The SMILES string of the molecule is Cc1cc2nc3c(=O)[nH]c(=O)nc-3n(C[C@H](O)[C@H](O)[C@H](O)CO)c2cc1C.O=C(O)c1cccnc1.O=C1O[C@H]([C@@H](O)CO)C(O)=C1O. The second-order valence-corrected chi connectivity index (χ2v) is 10.4. The summed E-state index contributed by atoms with van der Waals surface area (Å²) in [5, 5.41) is 82.2. The van der Waals surface area contributed by atoms with Crippen LogP contribution in [0.2, 0.25) is 0 Å². The van der Waals surface area contributed by atoms with Crippen molar-refractivity contribution in [2.45, 2.75) is 50.9 Å². The molecule has 1 aromatic carbocycles. The molecule has 0 aliphatic carbocycles. The number of esters is 1. The first-order valence-corrected chi connectivity index (χ1v) is 13.9. The number of carbonyl (C=O) groups excluding carboxylic acids is 1. The molecular weight excluding hydrogens is 642 g/mol. The first-order chi connectivity index (χ1) is 22.6. The third kappa shape index (κ3) is 8.53. The topological polar surface area (TPSA) is 319 Å². The van der Waals surface area contributed by atoms with Crippen LogP contribution in [0.25, 0.3) is 22.6 Å². The number of aryl methyl sites for hydroxylation is 2. The van der Waals surface area contributed by atoms with Crippen molar-refractivity contribution in [1.82, 2.24) is 24.5 Å². The zero-order chi connectivity index (χ0) is 35.9. The third-order valence-corrected chi connectivity index (χ3v) is 6.95. The van der Waals surface area contributed by atoms with Gasteiger partial charge in [-0.05, 0) is 49.2 Å². The van der Waals surface area contributed by atoms with Crippen molar-refractivity contribution >= 4 is 23.0 Å². The van der Waals surface area contributed by atoms with Gasteiger partial charge in [-0.1, -0.05) is 0 Å². The first kappa shape index (κ1) is 37.2. The highest BCUT2D eigenvalue weighted by Gasteiger charge is 2.38. The van der Waals surface area contributed by atoms with Gasteiger partial charge in [0.15, 0.2) is 23.4 Å². The predicted molar refractivity (Wildman–Crippen MR) is 162 cm³/mol. The third-order valence-electron chi connectivity index (χ3n) is 6.95. The molecule has 0 spiro atoms. The van der Waals surface area contributed by atoms with Crippen molar-refractivity contribution < 1.29 is 60.3 Å². The zero-order valence-electron chi connectivity index (χ0n) is 25.3. The molecule has 0 amide bonds. The van der Waals surface area contributed by atoms with Crippen LogP contribution in [0.15, 0.2) is 57.8 Å². The molecule has 3 aliphatic rings. The van der Waals surface area contributed by atoms with Gasteiger partial charge in [0.2, 0.25) is 5.76 Å². The fourth-order valence-electron chi connectivity index (χ4n) is 4.21. The van der Waals surface area contributed by atoms with Crippen LogP contribution in [0.4, 0.5) is 0 Å². The normalized spacial score (nSPS) is 16.7. The summed E-state index contributed by atoms with van der Waals surface area (Å²) >= 11 is 0. The predicted octanol–water partition coefficient (Wildman–Crippen LogP) is -2.35. The van der Waals surface area contributed by atoms with Crippen LogP contribution in [0.3, 0.4) is 0 Å². The number of rotatable bonds is 8. The molecule has 19 nitrogen and oxygen atoms in total. The number of carboxylic acids is 1. The molecule has 10 N–H and O–H groups in total. The van der Waals surface area contributed by atoms with Gasteiger partial charge in [0, 0.05) is 12.4 Å². The van der Waals surface area contributed by atoms with E-state index < -0.39 is 78.4 Å². The summed E-state index contributed by atoms with van der Waals surface area (Å²) in [6.45, 7) is 2.06. The molecule has 0 bridgehead atoms. The van der Waals surface area contributed by atoms with Gasteiger partial charge >= 0.3 is 17.6 Å². The summed E-state index contributed by atoms with van der Waals surface area (Å²) in [7, 11) is 0. The number of aliphatic hydroxyl groups is 8. The number of H-pyrrole nitrogens is 1. The standard InChI is InChI=1S/C17H20N4O6.C6H5NO2.C6H8O6/c1-7-3-9-10(4-8(7)2)21(5-11(23)14(25)12(24)6-22)15-13(18-9)16(26)20-17(27)19-15;8-6(9)5-2-1-3-7-4-5;7-1-2(8)5-3(9)4(10)6(11)12-5/h3-4,11-12,14,22-25H,5-6H2,1-2H3,(H,20,26,27);1-4H,(H,8,9);2,5,7-10H,1H2/t11-,12+,14-;;2-,5+/m0.0/s1. The Hall–Kier alpha value is -5.31. The highest BCUT2D eigenvalue weighted by molar-refractivity contribution is 5.89. The highest BCUT2D eigenvalue weighted by Crippen LogP contribution is 2.25. The van der Waals surface area contributed by atoms with Gasteiger partial charge < -0.3 is 55.3 Å². The van der Waals surface area contributed by atoms with E-state index in [2.05, 4.69) is 24.7 Å². The number of hydrogen-bond donors (Lipinski definition) is 10. The van der Waals surface area contributed by atoms with Gasteiger partial charge in [0.05, 0.1) is 36.4 Å². The van der Waals surface area contributed by atoms with Crippen molar-refractivity contribution in [3.05, 3.63) is 85.7 Å². The van der Waals surface area contributed by atoms with E-state index in [0.29, 0.717) is 11.0 Å².